The molecule has 1 heterocycles. The van der Waals surface area contributed by atoms with E-state index >= 15 is 0 Å². The molecule has 206 valence electrons. The zero-order chi connectivity index (χ0) is 29.1. The van der Waals surface area contributed by atoms with E-state index in [2.05, 4.69) is 47.1 Å². The van der Waals surface area contributed by atoms with Crippen molar-refractivity contribution in [1.82, 2.24) is 16.0 Å². The topological polar surface area (TPSA) is 111 Å². The molecule has 3 N–H and O–H groups in total. The SMILES string of the molecule is CC.CC.CC(=O)C(C)(C)C(=O)NC#N.CC(=O)c1ccc(/C=C/c2ccc(CNC3CNC3)cc2)cc1. The van der Waals surface area contributed by atoms with E-state index in [0.717, 1.165) is 30.8 Å². The number of carbonyl (C=O) groups is 3. The molecule has 0 atom stereocenters. The number of hydrogen-bond donors (Lipinski definition) is 3. The Morgan fingerprint density at radius 2 is 1.39 bits per heavy atom. The van der Waals surface area contributed by atoms with Crippen molar-refractivity contribution < 1.29 is 14.4 Å². The zero-order valence-electron chi connectivity index (χ0n) is 24.1. The van der Waals surface area contributed by atoms with Crippen LogP contribution in [0.2, 0.25) is 0 Å². The molecular formula is C31H44N4O3. The lowest BCUT2D eigenvalue weighted by Gasteiger charge is -2.28. The van der Waals surface area contributed by atoms with Gasteiger partial charge < -0.3 is 10.6 Å². The quantitative estimate of drug-likeness (QED) is 0.142. The maximum Gasteiger partial charge on any atom is 0.246 e. The van der Waals surface area contributed by atoms with E-state index in [4.69, 9.17) is 5.26 Å². The highest BCUT2D eigenvalue weighted by Gasteiger charge is 2.32. The van der Waals surface area contributed by atoms with Crippen molar-refractivity contribution in [3.8, 4) is 6.19 Å². The van der Waals surface area contributed by atoms with Crippen LogP contribution in [0.4, 0.5) is 0 Å². The van der Waals surface area contributed by atoms with Gasteiger partial charge in [-0.3, -0.25) is 19.7 Å². The minimum absolute atomic E-state index is 0.0995. The number of nitriles is 1. The minimum Gasteiger partial charge on any atom is -0.314 e. The first-order chi connectivity index (χ1) is 18.1. The first kappa shape index (κ1) is 34.4. The number of ketones is 2. The smallest absolute Gasteiger partial charge is 0.246 e. The molecule has 1 amide bonds. The molecule has 1 fully saturated rings. The molecule has 3 rings (SSSR count). The average Bonchev–Trinajstić information content (AvgIpc) is 2.90. The van der Waals surface area contributed by atoms with E-state index in [9.17, 15) is 14.4 Å². The number of hydrogen-bond acceptors (Lipinski definition) is 6. The second-order valence-corrected chi connectivity index (χ2v) is 8.74. The third kappa shape index (κ3) is 12.1. The molecule has 7 heteroatoms. The van der Waals surface area contributed by atoms with Gasteiger partial charge >= 0.3 is 0 Å². The van der Waals surface area contributed by atoms with Crippen molar-refractivity contribution >= 4 is 29.6 Å². The minimum atomic E-state index is -1.10. The molecule has 0 aliphatic carbocycles. The molecule has 0 radical (unpaired) electrons. The van der Waals surface area contributed by atoms with Gasteiger partial charge in [0.15, 0.2) is 12.0 Å². The summed E-state index contributed by atoms with van der Waals surface area (Å²) < 4.78 is 0. The van der Waals surface area contributed by atoms with Gasteiger partial charge in [-0.15, -0.1) is 0 Å². The number of nitrogens with one attached hydrogen (secondary N) is 3. The van der Waals surface area contributed by atoms with Crippen LogP contribution >= 0.6 is 0 Å². The van der Waals surface area contributed by atoms with E-state index < -0.39 is 11.3 Å². The lowest BCUT2D eigenvalue weighted by atomic mass is 9.88. The normalized spacial score (nSPS) is 12.2. The fraction of sp³-hybridized carbons (Fsp3) is 0.419. The van der Waals surface area contributed by atoms with Gasteiger partial charge in [0.2, 0.25) is 5.91 Å². The first-order valence-corrected chi connectivity index (χ1v) is 13.2. The standard InChI is InChI=1S/C20H22N2O.C7H10N2O2.2C2H6/c1-15(23)19-10-8-17(9-11-19)3-2-16-4-6-18(7-5-16)12-22-20-13-21-14-20;1-5(10)7(2,3)6(11)9-4-8;2*1-2/h2-11,20-22H,12-14H2,1H3;1-3H3,(H,9,11);2*1-2H3/b3-2+;;;. The van der Waals surface area contributed by atoms with Crippen LogP contribution in [-0.4, -0.2) is 36.6 Å². The Hall–Kier alpha value is -3.60. The Bertz CT molecular complexity index is 1060. The lowest BCUT2D eigenvalue weighted by Crippen LogP contribution is -2.54. The lowest BCUT2D eigenvalue weighted by molar-refractivity contribution is -0.138. The third-order valence-electron chi connectivity index (χ3n) is 5.76. The predicted molar refractivity (Wildman–Crippen MR) is 156 cm³/mol. The summed E-state index contributed by atoms with van der Waals surface area (Å²) in [6, 6.07) is 16.9. The van der Waals surface area contributed by atoms with Gasteiger partial charge in [-0.25, -0.2) is 0 Å². The van der Waals surface area contributed by atoms with E-state index in [1.807, 2.05) is 57.3 Å². The van der Waals surface area contributed by atoms with Crippen LogP contribution in [0.3, 0.4) is 0 Å². The van der Waals surface area contributed by atoms with Crippen molar-refractivity contribution in [3.63, 3.8) is 0 Å². The van der Waals surface area contributed by atoms with E-state index in [1.54, 1.807) is 6.92 Å². The van der Waals surface area contributed by atoms with Crippen molar-refractivity contribution in [2.24, 2.45) is 5.41 Å². The third-order valence-corrected chi connectivity index (χ3v) is 5.76. The van der Waals surface area contributed by atoms with Crippen molar-refractivity contribution in [1.29, 1.82) is 5.26 Å². The van der Waals surface area contributed by atoms with Crippen LogP contribution in [-0.2, 0) is 16.1 Å². The van der Waals surface area contributed by atoms with Gasteiger partial charge in [-0.05, 0) is 44.4 Å². The highest BCUT2D eigenvalue weighted by atomic mass is 16.2. The van der Waals surface area contributed by atoms with Gasteiger partial charge in [-0.2, -0.15) is 5.26 Å². The van der Waals surface area contributed by atoms with Gasteiger partial charge in [0.25, 0.3) is 0 Å². The fourth-order valence-electron chi connectivity index (χ4n) is 2.83. The summed E-state index contributed by atoms with van der Waals surface area (Å²) in [6.07, 6.45) is 5.64. The zero-order valence-corrected chi connectivity index (χ0v) is 24.1. The van der Waals surface area contributed by atoms with Gasteiger partial charge in [0.1, 0.15) is 11.2 Å². The van der Waals surface area contributed by atoms with Crippen molar-refractivity contribution in [2.75, 3.05) is 13.1 Å². The molecule has 0 aromatic heterocycles. The molecule has 38 heavy (non-hydrogen) atoms. The number of benzene rings is 2. The number of amides is 1. The van der Waals surface area contributed by atoms with Gasteiger partial charge in [0, 0.05) is 31.2 Å². The molecule has 2 aromatic rings. The maximum absolute atomic E-state index is 11.3. The molecule has 1 aliphatic heterocycles. The summed E-state index contributed by atoms with van der Waals surface area (Å²) in [6.45, 7) is 16.9. The summed E-state index contributed by atoms with van der Waals surface area (Å²) in [5.74, 6) is -0.722. The number of nitrogens with zero attached hydrogens (tertiary/aromatic N) is 1. The highest BCUT2D eigenvalue weighted by molar-refractivity contribution is 6.04. The largest absolute Gasteiger partial charge is 0.314 e. The first-order valence-electron chi connectivity index (χ1n) is 13.2. The molecule has 0 spiro atoms. The summed E-state index contributed by atoms with van der Waals surface area (Å²) in [4.78, 5) is 33.0. The molecular weight excluding hydrogens is 476 g/mol. The molecule has 0 saturated carbocycles. The van der Waals surface area contributed by atoms with Gasteiger partial charge in [-0.1, -0.05) is 88.4 Å². The highest BCUT2D eigenvalue weighted by Crippen LogP contribution is 2.15. The molecule has 0 bridgehead atoms. The second kappa shape index (κ2) is 18.6. The molecule has 7 nitrogen and oxygen atoms in total. The van der Waals surface area contributed by atoms with Crippen LogP contribution in [0.25, 0.3) is 12.2 Å². The fourth-order valence-corrected chi connectivity index (χ4v) is 2.83. The van der Waals surface area contributed by atoms with Crippen LogP contribution < -0.4 is 16.0 Å². The Balaban J connectivity index is 0.000000774. The van der Waals surface area contributed by atoms with Crippen LogP contribution in [0.5, 0.6) is 0 Å². The average molecular weight is 521 g/mol. The maximum atomic E-state index is 11.3. The molecule has 0 unspecified atom stereocenters. The molecule has 2 aromatic carbocycles. The summed E-state index contributed by atoms with van der Waals surface area (Å²) >= 11 is 0. The van der Waals surface area contributed by atoms with Crippen LogP contribution in [0.1, 0.15) is 82.4 Å². The Morgan fingerprint density at radius 3 is 1.76 bits per heavy atom. The Labute approximate surface area is 228 Å². The Morgan fingerprint density at radius 1 is 0.921 bits per heavy atom. The van der Waals surface area contributed by atoms with Crippen LogP contribution in [0.15, 0.2) is 48.5 Å². The monoisotopic (exact) mass is 520 g/mol. The molecule has 1 saturated heterocycles. The summed E-state index contributed by atoms with van der Waals surface area (Å²) in [5, 5.41) is 16.8. The van der Waals surface area contributed by atoms with E-state index in [-0.39, 0.29) is 11.6 Å². The predicted octanol–water partition coefficient (Wildman–Crippen LogP) is 5.37. The molecule has 1 aliphatic rings. The van der Waals surface area contributed by atoms with Crippen molar-refractivity contribution in [3.05, 3.63) is 70.8 Å². The number of rotatable bonds is 8. The van der Waals surface area contributed by atoms with Gasteiger partial charge in [0.05, 0.1) is 0 Å². The van der Waals surface area contributed by atoms with E-state index in [1.165, 1.54) is 38.1 Å². The second-order valence-electron chi connectivity index (χ2n) is 8.74. The Kier molecular flexibility index (Phi) is 16.9. The van der Waals surface area contributed by atoms with Crippen molar-refractivity contribution in [2.45, 2.75) is 68.0 Å². The number of carbonyl (C=O) groups excluding carboxylic acids is 3. The number of Topliss-reactive ketones (excluding diaryl/α,β-unsaturated/α-hetero) is 2. The summed E-state index contributed by atoms with van der Waals surface area (Å²) in [7, 11) is 0. The van der Waals surface area contributed by atoms with E-state index in [0.29, 0.717) is 6.04 Å². The summed E-state index contributed by atoms with van der Waals surface area (Å²) in [5.41, 5.74) is 3.23. The van der Waals surface area contributed by atoms with Crippen LogP contribution in [0, 0.1) is 16.9 Å².